The summed E-state index contributed by atoms with van der Waals surface area (Å²) >= 11 is 6.36. The van der Waals surface area contributed by atoms with E-state index in [1.54, 1.807) is 71.0 Å². The molecule has 0 aliphatic rings. The molecule has 10 nitrogen and oxygen atoms in total. The normalized spacial score (nSPS) is 11.7. The molecule has 0 spiro atoms. The molecule has 198 valence electrons. The highest BCUT2D eigenvalue weighted by atomic mass is 32.2. The second-order valence-electron chi connectivity index (χ2n) is 9.10. The number of benzene rings is 1. The zero-order valence-electron chi connectivity index (χ0n) is 21.7. The lowest BCUT2D eigenvalue weighted by molar-refractivity contribution is 0.979. The van der Waals surface area contributed by atoms with Crippen LogP contribution in [0.1, 0.15) is 0 Å². The van der Waals surface area contributed by atoms with Crippen molar-refractivity contribution >= 4 is 99.2 Å². The maximum atomic E-state index is 4.86. The van der Waals surface area contributed by atoms with E-state index in [4.69, 9.17) is 19.9 Å². The summed E-state index contributed by atoms with van der Waals surface area (Å²) in [5.41, 5.74) is 3.28. The largest absolute Gasteiger partial charge is 0.347 e. The molecule has 1 aromatic carbocycles. The lowest BCUT2D eigenvalue weighted by Gasteiger charge is -2.12. The minimum absolute atomic E-state index is 0.643. The monoisotopic (exact) mass is 600 g/mol. The van der Waals surface area contributed by atoms with Gasteiger partial charge in [0.05, 0.1) is 9.40 Å². The van der Waals surface area contributed by atoms with Crippen molar-refractivity contribution in [3.63, 3.8) is 0 Å². The van der Waals surface area contributed by atoms with Crippen LogP contribution in [0.5, 0.6) is 0 Å². The van der Waals surface area contributed by atoms with Gasteiger partial charge in [0.15, 0.2) is 0 Å². The van der Waals surface area contributed by atoms with Crippen molar-refractivity contribution in [2.24, 2.45) is 0 Å². The predicted octanol–water partition coefficient (Wildman–Crippen LogP) is 6.02. The van der Waals surface area contributed by atoms with Crippen LogP contribution in [0.4, 0.5) is 11.9 Å². The number of rotatable bonds is 6. The highest BCUT2D eigenvalue weighted by Gasteiger charge is 2.19. The smallest absolute Gasteiger partial charge is 0.226 e. The van der Waals surface area contributed by atoms with Crippen molar-refractivity contribution in [2.75, 3.05) is 38.0 Å². The number of aromatic nitrogens is 8. The third-order valence-corrected chi connectivity index (χ3v) is 10.3. The SMILES string of the molecule is CN(C)c1nc(Sc2ccc(Sc3nc(N(C)C)nc4c3sc3nccnc34)cc2)c2sc3nccnc3c2n1. The molecule has 6 heterocycles. The van der Waals surface area contributed by atoms with Gasteiger partial charge >= 0.3 is 0 Å². The fraction of sp³-hybridized carbons (Fsp3) is 0.154. The van der Waals surface area contributed by atoms with Crippen LogP contribution in [-0.2, 0) is 0 Å². The Morgan fingerprint density at radius 3 is 1.32 bits per heavy atom. The molecule has 0 bridgehead atoms. The van der Waals surface area contributed by atoms with Crippen molar-refractivity contribution in [3.05, 3.63) is 49.1 Å². The van der Waals surface area contributed by atoms with E-state index in [-0.39, 0.29) is 0 Å². The van der Waals surface area contributed by atoms with Gasteiger partial charge < -0.3 is 9.80 Å². The first-order chi connectivity index (χ1) is 19.4. The van der Waals surface area contributed by atoms with Crippen LogP contribution in [0.25, 0.3) is 41.1 Å². The van der Waals surface area contributed by atoms with Gasteiger partial charge in [-0.15, -0.1) is 22.7 Å². The van der Waals surface area contributed by atoms with E-state index in [9.17, 15) is 0 Å². The first kappa shape index (κ1) is 25.3. The molecule has 0 aliphatic carbocycles. The standard InChI is InChI=1S/C26H20N10S4/c1-35(2)25-31-15-17-21(29-11-9-27-17)39-19(15)23(33-25)37-13-5-7-14(8-6-13)38-24-20-16(32-26(34-24)36(3)4)18-22(40-20)30-12-10-28-18/h5-12H,1-4H3. The quantitative estimate of drug-likeness (QED) is 0.208. The van der Waals surface area contributed by atoms with Crippen LogP contribution in [0.3, 0.4) is 0 Å². The number of nitrogens with zero attached hydrogens (tertiary/aromatic N) is 10. The van der Waals surface area contributed by atoms with Crippen LogP contribution in [0.2, 0.25) is 0 Å². The van der Waals surface area contributed by atoms with Crippen molar-refractivity contribution in [1.82, 2.24) is 39.9 Å². The highest BCUT2D eigenvalue weighted by Crippen LogP contribution is 2.42. The molecule has 0 fully saturated rings. The van der Waals surface area contributed by atoms with E-state index in [1.165, 1.54) is 0 Å². The fourth-order valence-corrected chi connectivity index (χ4v) is 7.97. The molecule has 0 aliphatic heterocycles. The van der Waals surface area contributed by atoms with Crippen LogP contribution in [-0.4, -0.2) is 68.1 Å². The van der Waals surface area contributed by atoms with Crippen LogP contribution in [0.15, 0.2) is 68.9 Å². The minimum atomic E-state index is 0.643. The Bertz CT molecular complexity index is 1890. The van der Waals surface area contributed by atoms with E-state index < -0.39 is 0 Å². The number of thiophene rings is 2. The van der Waals surface area contributed by atoms with Gasteiger partial charge in [0.2, 0.25) is 11.9 Å². The van der Waals surface area contributed by atoms with Crippen LogP contribution >= 0.6 is 46.2 Å². The van der Waals surface area contributed by atoms with E-state index >= 15 is 0 Å². The number of hydrogen-bond donors (Lipinski definition) is 0. The average Bonchev–Trinajstić information content (AvgIpc) is 3.53. The first-order valence-corrected chi connectivity index (χ1v) is 15.3. The van der Waals surface area contributed by atoms with Gasteiger partial charge in [0.1, 0.15) is 41.8 Å². The maximum Gasteiger partial charge on any atom is 0.226 e. The molecule has 0 amide bonds. The van der Waals surface area contributed by atoms with Crippen molar-refractivity contribution in [1.29, 1.82) is 0 Å². The van der Waals surface area contributed by atoms with E-state index in [1.807, 2.05) is 38.0 Å². The zero-order valence-corrected chi connectivity index (χ0v) is 25.0. The molecule has 0 radical (unpaired) electrons. The third kappa shape index (κ3) is 4.46. The summed E-state index contributed by atoms with van der Waals surface area (Å²) in [7, 11) is 7.76. The zero-order chi connectivity index (χ0) is 27.4. The Balaban J connectivity index is 1.23. The summed E-state index contributed by atoms with van der Waals surface area (Å²) in [4.78, 5) is 45.0. The van der Waals surface area contributed by atoms with Gasteiger partial charge in [-0.2, -0.15) is 0 Å². The van der Waals surface area contributed by atoms with E-state index in [0.29, 0.717) is 11.9 Å². The van der Waals surface area contributed by atoms with Crippen molar-refractivity contribution in [3.8, 4) is 0 Å². The molecule has 0 unspecified atom stereocenters. The Morgan fingerprint density at radius 1 is 0.525 bits per heavy atom. The summed E-state index contributed by atoms with van der Waals surface area (Å²) in [6.07, 6.45) is 6.82. The molecule has 0 saturated carbocycles. The van der Waals surface area contributed by atoms with Gasteiger partial charge in [-0.3, -0.25) is 0 Å². The Hall–Kier alpha value is -3.72. The number of anilines is 2. The first-order valence-electron chi connectivity index (χ1n) is 12.1. The molecule has 14 heteroatoms. The third-order valence-electron chi connectivity index (χ3n) is 5.87. The summed E-state index contributed by atoms with van der Waals surface area (Å²) < 4.78 is 1.98. The Labute approximate surface area is 245 Å². The minimum Gasteiger partial charge on any atom is -0.347 e. The lowest BCUT2D eigenvalue weighted by atomic mass is 10.4. The molecular formula is C26H20N10S4. The van der Waals surface area contributed by atoms with Crippen molar-refractivity contribution < 1.29 is 0 Å². The molecule has 7 rings (SSSR count). The summed E-state index contributed by atoms with van der Waals surface area (Å²) in [5, 5.41) is 1.77. The van der Waals surface area contributed by atoms with Crippen molar-refractivity contribution in [2.45, 2.75) is 19.8 Å². The van der Waals surface area contributed by atoms with Gasteiger partial charge in [0.25, 0.3) is 0 Å². The molecule has 6 aromatic heterocycles. The second kappa shape index (κ2) is 10.0. The van der Waals surface area contributed by atoms with Gasteiger partial charge in [-0.25, -0.2) is 39.9 Å². The van der Waals surface area contributed by atoms with Crippen LogP contribution in [0, 0.1) is 0 Å². The molecular weight excluding hydrogens is 581 g/mol. The van der Waals surface area contributed by atoms with Crippen LogP contribution < -0.4 is 9.80 Å². The second-order valence-corrected chi connectivity index (χ2v) is 13.2. The number of fused-ring (bicyclic) bond motifs is 6. The fourth-order valence-electron chi connectivity index (χ4n) is 4.00. The Kier molecular flexibility index (Phi) is 6.34. The van der Waals surface area contributed by atoms with Gasteiger partial charge in [-0.1, -0.05) is 23.5 Å². The lowest BCUT2D eigenvalue weighted by Crippen LogP contribution is -2.13. The molecule has 7 aromatic rings. The molecule has 0 saturated heterocycles. The predicted molar refractivity (Wildman–Crippen MR) is 164 cm³/mol. The average molecular weight is 601 g/mol. The molecule has 0 N–H and O–H groups in total. The summed E-state index contributed by atoms with van der Waals surface area (Å²) in [5.74, 6) is 1.29. The topological polar surface area (TPSA) is 110 Å². The molecule has 0 atom stereocenters. The van der Waals surface area contributed by atoms with E-state index in [2.05, 4.69) is 44.2 Å². The Morgan fingerprint density at radius 2 is 0.925 bits per heavy atom. The van der Waals surface area contributed by atoms with Gasteiger partial charge in [0, 0.05) is 62.8 Å². The van der Waals surface area contributed by atoms with E-state index in [0.717, 1.165) is 61.0 Å². The maximum absolute atomic E-state index is 4.86. The number of hydrogen-bond acceptors (Lipinski definition) is 14. The summed E-state index contributed by atoms with van der Waals surface area (Å²) in [6, 6.07) is 8.44. The van der Waals surface area contributed by atoms with Gasteiger partial charge in [-0.05, 0) is 24.3 Å². The summed E-state index contributed by atoms with van der Waals surface area (Å²) in [6.45, 7) is 0. The highest BCUT2D eigenvalue weighted by molar-refractivity contribution is 8.00. The molecule has 40 heavy (non-hydrogen) atoms.